The zero-order valence-corrected chi connectivity index (χ0v) is 10.8. The molecule has 0 amide bonds. The molecule has 0 aliphatic carbocycles. The molecule has 1 heterocycles. The van der Waals surface area contributed by atoms with Crippen LogP contribution in [-0.4, -0.2) is 16.1 Å². The van der Waals surface area contributed by atoms with Gasteiger partial charge in [0.05, 0.1) is 6.42 Å². The van der Waals surface area contributed by atoms with E-state index in [9.17, 15) is 9.18 Å². The van der Waals surface area contributed by atoms with Crippen LogP contribution in [0.4, 0.5) is 4.39 Å². The minimum absolute atomic E-state index is 0.0636. The van der Waals surface area contributed by atoms with Gasteiger partial charge in [-0.3, -0.25) is 9.78 Å². The first-order valence-corrected chi connectivity index (χ1v) is 6.24. The number of carboxylic acids is 1. The Morgan fingerprint density at radius 3 is 2.65 bits per heavy atom. The summed E-state index contributed by atoms with van der Waals surface area (Å²) in [5, 5.41) is 12.1. The van der Waals surface area contributed by atoms with Gasteiger partial charge in [0, 0.05) is 25.0 Å². The molecule has 1 aromatic carbocycles. The highest BCUT2D eigenvalue weighted by atomic mass is 19.1. The zero-order chi connectivity index (χ0) is 14.4. The van der Waals surface area contributed by atoms with Gasteiger partial charge >= 0.3 is 5.97 Å². The molecule has 1 aromatic heterocycles. The second-order valence-electron chi connectivity index (χ2n) is 4.44. The fraction of sp³-hybridized carbons (Fsp3) is 0.200. The van der Waals surface area contributed by atoms with E-state index in [1.807, 2.05) is 12.1 Å². The maximum absolute atomic E-state index is 12.9. The van der Waals surface area contributed by atoms with Gasteiger partial charge in [-0.25, -0.2) is 4.39 Å². The quantitative estimate of drug-likeness (QED) is 0.849. The minimum Gasteiger partial charge on any atom is -0.481 e. The number of aromatic nitrogens is 1. The number of hydrogen-bond acceptors (Lipinski definition) is 3. The Morgan fingerprint density at radius 1 is 1.30 bits per heavy atom. The summed E-state index contributed by atoms with van der Waals surface area (Å²) >= 11 is 0. The molecule has 0 aliphatic rings. The van der Waals surface area contributed by atoms with Gasteiger partial charge in [-0.2, -0.15) is 0 Å². The monoisotopic (exact) mass is 274 g/mol. The van der Waals surface area contributed by atoms with E-state index < -0.39 is 5.97 Å². The van der Waals surface area contributed by atoms with Crippen LogP contribution in [-0.2, 0) is 11.3 Å². The van der Waals surface area contributed by atoms with Crippen LogP contribution in [0.25, 0.3) is 0 Å². The van der Waals surface area contributed by atoms with Crippen molar-refractivity contribution in [3.05, 3.63) is 65.7 Å². The first-order chi connectivity index (χ1) is 9.65. The summed E-state index contributed by atoms with van der Waals surface area (Å²) in [5.41, 5.74) is 1.71. The summed E-state index contributed by atoms with van der Waals surface area (Å²) in [6.07, 6.45) is 3.33. The fourth-order valence-electron chi connectivity index (χ4n) is 1.92. The standard InChI is InChI=1S/C15H15FN2O2/c16-13-5-3-12(4-6-13)14(8-15(19)20)18-10-11-2-1-7-17-9-11/h1-7,9,14,18H,8,10H2,(H,19,20). The number of carboxylic acid groups (broad SMARTS) is 1. The van der Waals surface area contributed by atoms with Crippen LogP contribution < -0.4 is 5.32 Å². The average Bonchev–Trinajstić information content (AvgIpc) is 2.45. The number of nitrogens with one attached hydrogen (secondary N) is 1. The zero-order valence-electron chi connectivity index (χ0n) is 10.8. The molecule has 1 unspecified atom stereocenters. The SMILES string of the molecule is O=C(O)CC(NCc1cccnc1)c1ccc(F)cc1. The highest BCUT2D eigenvalue weighted by Gasteiger charge is 2.15. The third-order valence-electron chi connectivity index (χ3n) is 2.93. The Labute approximate surface area is 116 Å². The number of benzene rings is 1. The number of aliphatic carboxylic acids is 1. The fourth-order valence-corrected chi connectivity index (χ4v) is 1.92. The van der Waals surface area contributed by atoms with Crippen molar-refractivity contribution in [1.29, 1.82) is 0 Å². The summed E-state index contributed by atoms with van der Waals surface area (Å²) < 4.78 is 12.9. The minimum atomic E-state index is -0.905. The van der Waals surface area contributed by atoms with Gasteiger partial charge in [-0.1, -0.05) is 18.2 Å². The van der Waals surface area contributed by atoms with Crippen LogP contribution >= 0.6 is 0 Å². The molecule has 0 spiro atoms. The Kier molecular flexibility index (Phi) is 4.79. The van der Waals surface area contributed by atoms with Crippen molar-refractivity contribution in [3.8, 4) is 0 Å². The number of pyridine rings is 1. The number of rotatable bonds is 6. The predicted octanol–water partition coefficient (Wildman–Crippen LogP) is 2.53. The molecule has 0 radical (unpaired) electrons. The lowest BCUT2D eigenvalue weighted by Crippen LogP contribution is -2.23. The van der Waals surface area contributed by atoms with Crippen LogP contribution in [0.5, 0.6) is 0 Å². The van der Waals surface area contributed by atoms with Crippen molar-refractivity contribution < 1.29 is 14.3 Å². The van der Waals surface area contributed by atoms with Gasteiger partial charge < -0.3 is 10.4 Å². The van der Waals surface area contributed by atoms with Crippen LogP contribution in [0.2, 0.25) is 0 Å². The largest absolute Gasteiger partial charge is 0.481 e. The van der Waals surface area contributed by atoms with Crippen molar-refractivity contribution in [2.24, 2.45) is 0 Å². The average molecular weight is 274 g/mol. The highest BCUT2D eigenvalue weighted by Crippen LogP contribution is 2.18. The number of hydrogen-bond donors (Lipinski definition) is 2. The molecule has 104 valence electrons. The number of nitrogens with zero attached hydrogens (tertiary/aromatic N) is 1. The molecular weight excluding hydrogens is 259 g/mol. The van der Waals surface area contributed by atoms with E-state index in [0.717, 1.165) is 11.1 Å². The summed E-state index contributed by atoms with van der Waals surface area (Å²) in [4.78, 5) is 14.9. The topological polar surface area (TPSA) is 62.2 Å². The van der Waals surface area contributed by atoms with Gasteiger partial charge in [0.2, 0.25) is 0 Å². The van der Waals surface area contributed by atoms with Gasteiger partial charge in [0.1, 0.15) is 5.82 Å². The lowest BCUT2D eigenvalue weighted by molar-refractivity contribution is -0.137. The Bertz CT molecular complexity index is 558. The summed E-state index contributed by atoms with van der Waals surface area (Å²) in [6, 6.07) is 9.21. The van der Waals surface area contributed by atoms with Gasteiger partial charge in [-0.05, 0) is 29.3 Å². The summed E-state index contributed by atoms with van der Waals surface area (Å²) in [5.74, 6) is -1.24. The van der Waals surface area contributed by atoms with Crippen molar-refractivity contribution >= 4 is 5.97 Å². The van der Waals surface area contributed by atoms with Crippen LogP contribution in [0.1, 0.15) is 23.6 Å². The van der Waals surface area contributed by atoms with Crippen molar-refractivity contribution in [3.63, 3.8) is 0 Å². The van der Waals surface area contributed by atoms with Crippen molar-refractivity contribution in [2.45, 2.75) is 19.0 Å². The third-order valence-corrected chi connectivity index (χ3v) is 2.93. The Hall–Kier alpha value is -2.27. The highest BCUT2D eigenvalue weighted by molar-refractivity contribution is 5.67. The van der Waals surface area contributed by atoms with Gasteiger partial charge in [0.15, 0.2) is 0 Å². The molecule has 0 fully saturated rings. The first-order valence-electron chi connectivity index (χ1n) is 6.24. The lowest BCUT2D eigenvalue weighted by atomic mass is 10.0. The van der Waals surface area contributed by atoms with Crippen molar-refractivity contribution in [2.75, 3.05) is 0 Å². The molecule has 2 rings (SSSR count). The molecule has 0 aliphatic heterocycles. The van der Waals surface area contributed by atoms with E-state index in [-0.39, 0.29) is 18.3 Å². The van der Waals surface area contributed by atoms with E-state index in [0.29, 0.717) is 6.54 Å². The molecule has 5 heteroatoms. The lowest BCUT2D eigenvalue weighted by Gasteiger charge is -2.17. The van der Waals surface area contributed by atoms with E-state index >= 15 is 0 Å². The van der Waals surface area contributed by atoms with Crippen molar-refractivity contribution in [1.82, 2.24) is 10.3 Å². The van der Waals surface area contributed by atoms with E-state index in [4.69, 9.17) is 5.11 Å². The third kappa shape index (κ3) is 4.13. The molecule has 1 atom stereocenters. The second-order valence-corrected chi connectivity index (χ2v) is 4.44. The van der Waals surface area contributed by atoms with E-state index in [1.54, 1.807) is 24.5 Å². The van der Waals surface area contributed by atoms with Crippen LogP contribution in [0.15, 0.2) is 48.8 Å². The molecule has 0 saturated carbocycles. The van der Waals surface area contributed by atoms with Crippen LogP contribution in [0.3, 0.4) is 0 Å². The molecule has 20 heavy (non-hydrogen) atoms. The predicted molar refractivity (Wildman–Crippen MR) is 72.5 cm³/mol. The first kappa shape index (κ1) is 14.1. The Morgan fingerprint density at radius 2 is 2.05 bits per heavy atom. The molecule has 0 saturated heterocycles. The van der Waals surface area contributed by atoms with E-state index in [2.05, 4.69) is 10.3 Å². The molecule has 0 bridgehead atoms. The van der Waals surface area contributed by atoms with Gasteiger partial charge in [-0.15, -0.1) is 0 Å². The smallest absolute Gasteiger partial charge is 0.305 e. The molecule has 2 aromatic rings. The molecule has 2 N–H and O–H groups in total. The second kappa shape index (κ2) is 6.77. The van der Waals surface area contributed by atoms with Crippen LogP contribution in [0, 0.1) is 5.82 Å². The molecule has 4 nitrogen and oxygen atoms in total. The maximum atomic E-state index is 12.9. The Balaban J connectivity index is 2.07. The number of carbonyl (C=O) groups is 1. The summed E-state index contributed by atoms with van der Waals surface area (Å²) in [6.45, 7) is 0.503. The normalized spacial score (nSPS) is 12.1. The molecular formula is C15H15FN2O2. The summed E-state index contributed by atoms with van der Waals surface area (Å²) in [7, 11) is 0. The number of halogens is 1. The maximum Gasteiger partial charge on any atom is 0.305 e. The van der Waals surface area contributed by atoms with E-state index in [1.165, 1.54) is 12.1 Å². The van der Waals surface area contributed by atoms with Gasteiger partial charge in [0.25, 0.3) is 0 Å².